The number of benzene rings is 1. The number of aliphatic hydroxyl groups excluding tert-OH is 1. The van der Waals surface area contributed by atoms with E-state index in [0.717, 1.165) is 5.56 Å². The molecular formula is C20H28Cl3N3O2. The van der Waals surface area contributed by atoms with E-state index in [9.17, 15) is 9.90 Å². The zero-order valence-corrected chi connectivity index (χ0v) is 18.6. The molecule has 1 aromatic carbocycles. The van der Waals surface area contributed by atoms with Gasteiger partial charge in [0.05, 0.1) is 17.4 Å². The lowest BCUT2D eigenvalue weighted by Crippen LogP contribution is -2.42. The highest BCUT2D eigenvalue weighted by Crippen LogP contribution is 2.15. The van der Waals surface area contributed by atoms with Crippen molar-refractivity contribution in [2.75, 3.05) is 0 Å². The normalized spacial score (nSPS) is 12.9. The molecule has 0 saturated carbocycles. The topological polar surface area (TPSA) is 88.2 Å². The van der Waals surface area contributed by atoms with Crippen LogP contribution in [0.1, 0.15) is 42.4 Å². The Hall–Kier alpha value is -1.37. The van der Waals surface area contributed by atoms with Crippen molar-refractivity contribution in [1.82, 2.24) is 10.3 Å². The van der Waals surface area contributed by atoms with E-state index in [1.165, 1.54) is 0 Å². The van der Waals surface area contributed by atoms with E-state index >= 15 is 0 Å². The summed E-state index contributed by atoms with van der Waals surface area (Å²) in [7, 11) is 0. The number of halogens is 3. The molecule has 0 radical (unpaired) electrons. The molecule has 5 nitrogen and oxygen atoms in total. The Kier molecular flexibility index (Phi) is 11.0. The Morgan fingerprint density at radius 1 is 1.18 bits per heavy atom. The molecule has 0 aliphatic carbocycles. The van der Waals surface area contributed by atoms with Gasteiger partial charge in [-0.3, -0.25) is 9.78 Å². The van der Waals surface area contributed by atoms with Crippen LogP contribution in [0.5, 0.6) is 0 Å². The van der Waals surface area contributed by atoms with Crippen LogP contribution < -0.4 is 11.1 Å². The zero-order chi connectivity index (χ0) is 19.3. The Bertz CT molecular complexity index is 749. The van der Waals surface area contributed by atoms with Crippen LogP contribution in [0.15, 0.2) is 42.6 Å². The first kappa shape index (κ1) is 26.6. The lowest BCUT2D eigenvalue weighted by atomic mass is 9.97. The van der Waals surface area contributed by atoms with Gasteiger partial charge >= 0.3 is 0 Å². The monoisotopic (exact) mass is 447 g/mol. The molecule has 0 aliphatic rings. The Labute approximate surface area is 183 Å². The summed E-state index contributed by atoms with van der Waals surface area (Å²) in [5.74, 6) is -0.209. The maximum atomic E-state index is 12.5. The number of aromatic nitrogens is 1. The summed E-state index contributed by atoms with van der Waals surface area (Å²) in [5.41, 5.74) is 7.79. The van der Waals surface area contributed by atoms with Crippen LogP contribution in [0.3, 0.4) is 0 Å². The number of nitrogens with one attached hydrogen (secondary N) is 1. The molecule has 2 atom stereocenters. The van der Waals surface area contributed by atoms with Crippen molar-refractivity contribution in [2.45, 2.75) is 51.3 Å². The summed E-state index contributed by atoms with van der Waals surface area (Å²) in [6.07, 6.45) is 1.51. The maximum absolute atomic E-state index is 12.5. The van der Waals surface area contributed by atoms with E-state index in [1.54, 1.807) is 30.5 Å². The number of pyridine rings is 1. The van der Waals surface area contributed by atoms with Crippen LogP contribution in [0.25, 0.3) is 0 Å². The van der Waals surface area contributed by atoms with Crippen molar-refractivity contribution in [3.63, 3.8) is 0 Å². The number of amides is 1. The molecule has 1 heterocycles. The van der Waals surface area contributed by atoms with Crippen molar-refractivity contribution in [3.05, 3.63) is 64.4 Å². The predicted molar refractivity (Wildman–Crippen MR) is 119 cm³/mol. The summed E-state index contributed by atoms with van der Waals surface area (Å²) in [4.78, 5) is 16.8. The Morgan fingerprint density at radius 2 is 1.79 bits per heavy atom. The number of carbonyl (C=O) groups is 1. The molecule has 4 N–H and O–H groups in total. The summed E-state index contributed by atoms with van der Waals surface area (Å²) < 4.78 is 0. The Morgan fingerprint density at radius 3 is 2.36 bits per heavy atom. The van der Waals surface area contributed by atoms with E-state index in [0.29, 0.717) is 22.7 Å². The quantitative estimate of drug-likeness (QED) is 0.630. The molecule has 1 amide bonds. The average Bonchev–Trinajstić information content (AvgIpc) is 2.55. The third-order valence-corrected chi connectivity index (χ3v) is 4.16. The van der Waals surface area contributed by atoms with Crippen LogP contribution in [0.2, 0.25) is 5.02 Å². The summed E-state index contributed by atoms with van der Waals surface area (Å²) in [6.45, 7) is 5.74. The molecule has 2 aromatic rings. The highest BCUT2D eigenvalue weighted by molar-refractivity contribution is 6.30. The van der Waals surface area contributed by atoms with Crippen molar-refractivity contribution in [2.24, 2.45) is 5.73 Å². The molecule has 0 saturated heterocycles. The van der Waals surface area contributed by atoms with Crippen LogP contribution in [0.4, 0.5) is 0 Å². The predicted octanol–water partition coefficient (Wildman–Crippen LogP) is 3.58. The first-order valence-electron chi connectivity index (χ1n) is 8.60. The minimum Gasteiger partial charge on any atom is -0.391 e. The fourth-order valence-corrected chi connectivity index (χ4v) is 2.72. The smallest absolute Gasteiger partial charge is 0.253 e. The summed E-state index contributed by atoms with van der Waals surface area (Å²) in [6, 6.07) is 10.3. The maximum Gasteiger partial charge on any atom is 0.253 e. The first-order valence-corrected chi connectivity index (χ1v) is 8.98. The second-order valence-electron chi connectivity index (χ2n) is 7.47. The van der Waals surface area contributed by atoms with Crippen molar-refractivity contribution in [1.29, 1.82) is 0 Å². The van der Waals surface area contributed by atoms with E-state index in [2.05, 4.69) is 10.3 Å². The van der Waals surface area contributed by atoms with Gasteiger partial charge < -0.3 is 16.2 Å². The second kappa shape index (κ2) is 11.6. The van der Waals surface area contributed by atoms with Gasteiger partial charge in [-0.05, 0) is 57.0 Å². The number of nitrogens with two attached hydrogens (primary N) is 1. The van der Waals surface area contributed by atoms with Gasteiger partial charge in [0.25, 0.3) is 5.91 Å². The zero-order valence-electron chi connectivity index (χ0n) is 16.2. The van der Waals surface area contributed by atoms with E-state index in [-0.39, 0.29) is 42.7 Å². The molecule has 0 unspecified atom stereocenters. The van der Waals surface area contributed by atoms with Crippen LogP contribution in [-0.4, -0.2) is 33.7 Å². The second-order valence-corrected chi connectivity index (χ2v) is 7.90. The van der Waals surface area contributed by atoms with Crippen LogP contribution >= 0.6 is 36.4 Å². The van der Waals surface area contributed by atoms with E-state index in [4.69, 9.17) is 17.3 Å². The number of rotatable bonds is 6. The van der Waals surface area contributed by atoms with Gasteiger partial charge in [-0.15, -0.1) is 24.8 Å². The fraction of sp³-hybridized carbons (Fsp3) is 0.400. The van der Waals surface area contributed by atoms with Gasteiger partial charge in [0.1, 0.15) is 0 Å². The third kappa shape index (κ3) is 8.33. The largest absolute Gasteiger partial charge is 0.391 e. The molecule has 0 bridgehead atoms. The molecule has 1 aromatic heterocycles. The number of hydrogen-bond acceptors (Lipinski definition) is 4. The van der Waals surface area contributed by atoms with Crippen molar-refractivity contribution < 1.29 is 9.90 Å². The van der Waals surface area contributed by atoms with Crippen LogP contribution in [-0.2, 0) is 12.8 Å². The summed E-state index contributed by atoms with van der Waals surface area (Å²) >= 11 is 5.88. The number of aliphatic hydroxyl groups is 1. The molecule has 156 valence electrons. The highest BCUT2D eigenvalue weighted by atomic mass is 35.5. The first-order chi connectivity index (χ1) is 12.2. The average molecular weight is 449 g/mol. The SMILES string of the molecule is CC(C)(C)NC(=O)c1cccnc1C[C@H](O)[C@H](N)Cc1ccc(Cl)cc1.Cl.Cl. The lowest BCUT2D eigenvalue weighted by molar-refractivity contribution is 0.0916. The molecule has 0 aliphatic heterocycles. The van der Waals surface area contributed by atoms with Gasteiger partial charge in [-0.25, -0.2) is 0 Å². The van der Waals surface area contributed by atoms with Crippen molar-refractivity contribution in [3.8, 4) is 0 Å². The molecule has 8 heteroatoms. The lowest BCUT2D eigenvalue weighted by Gasteiger charge is -2.23. The molecule has 0 spiro atoms. The fourth-order valence-electron chi connectivity index (χ4n) is 2.59. The number of carbonyl (C=O) groups excluding carboxylic acids is 1. The van der Waals surface area contributed by atoms with Gasteiger partial charge in [-0.2, -0.15) is 0 Å². The van der Waals surface area contributed by atoms with Crippen molar-refractivity contribution >= 4 is 42.3 Å². The third-order valence-electron chi connectivity index (χ3n) is 3.90. The van der Waals surface area contributed by atoms with Crippen LogP contribution in [0, 0.1) is 0 Å². The Balaban J connectivity index is 0.00000364. The molecule has 28 heavy (non-hydrogen) atoms. The highest BCUT2D eigenvalue weighted by Gasteiger charge is 2.22. The number of nitrogens with zero attached hydrogens (tertiary/aromatic N) is 1. The molecule has 0 fully saturated rings. The summed E-state index contributed by atoms with van der Waals surface area (Å²) in [5, 5.41) is 14.1. The van der Waals surface area contributed by atoms with Gasteiger partial charge in [-0.1, -0.05) is 23.7 Å². The van der Waals surface area contributed by atoms with Gasteiger partial charge in [0.15, 0.2) is 0 Å². The van der Waals surface area contributed by atoms with Gasteiger partial charge in [0.2, 0.25) is 0 Å². The molecular weight excluding hydrogens is 421 g/mol. The van der Waals surface area contributed by atoms with E-state index in [1.807, 2.05) is 32.9 Å². The minimum atomic E-state index is -0.818. The molecule has 2 rings (SSSR count). The standard InChI is InChI=1S/C20H26ClN3O2.2ClH/c1-20(2,3)24-19(26)15-5-4-10-23-17(15)12-18(25)16(22)11-13-6-8-14(21)9-7-13;;/h4-10,16,18,25H,11-12,22H2,1-3H3,(H,24,26);2*1H/t16-,18+;;/m1../s1. The minimum absolute atomic E-state index is 0. The van der Waals surface area contributed by atoms with Gasteiger partial charge in [0, 0.05) is 29.2 Å². The number of hydrogen-bond donors (Lipinski definition) is 3. The van der Waals surface area contributed by atoms with E-state index < -0.39 is 12.1 Å².